The molecule has 0 aliphatic heterocycles. The second-order valence-corrected chi connectivity index (χ2v) is 5.81. The van der Waals surface area contributed by atoms with Gasteiger partial charge in [-0.05, 0) is 32.3 Å². The van der Waals surface area contributed by atoms with Gasteiger partial charge in [-0.1, -0.05) is 38.5 Å². The Morgan fingerprint density at radius 3 is 2.65 bits per heavy atom. The lowest BCUT2D eigenvalue weighted by Gasteiger charge is -2.16. The Labute approximate surface area is 122 Å². The fraction of sp³-hybridized carbons (Fsp3) is 0.588. The molecular formula is C17H27N3. The third-order valence-corrected chi connectivity index (χ3v) is 4.10. The van der Waals surface area contributed by atoms with Crippen LogP contribution in [0.15, 0.2) is 24.3 Å². The van der Waals surface area contributed by atoms with Gasteiger partial charge < -0.3 is 5.32 Å². The molecule has 0 saturated heterocycles. The molecule has 0 aliphatic rings. The van der Waals surface area contributed by atoms with Crippen molar-refractivity contribution in [3.05, 3.63) is 30.0 Å². The van der Waals surface area contributed by atoms with Gasteiger partial charge in [-0.15, -0.1) is 0 Å². The summed E-state index contributed by atoms with van der Waals surface area (Å²) < 4.78 is 2.09. The van der Waals surface area contributed by atoms with Crippen LogP contribution in [-0.2, 0) is 13.1 Å². The Balaban J connectivity index is 2.06. The number of nitrogens with zero attached hydrogens (tertiary/aromatic N) is 2. The fourth-order valence-electron chi connectivity index (χ4n) is 2.69. The van der Waals surface area contributed by atoms with Crippen LogP contribution in [0.2, 0.25) is 0 Å². The lowest BCUT2D eigenvalue weighted by atomic mass is 10.0. The fourth-order valence-corrected chi connectivity index (χ4v) is 2.69. The minimum Gasteiger partial charge on any atom is -0.309 e. The lowest BCUT2D eigenvalue weighted by molar-refractivity contribution is 0.410. The van der Waals surface area contributed by atoms with Crippen molar-refractivity contribution in [2.45, 2.75) is 59.7 Å². The van der Waals surface area contributed by atoms with E-state index in [0.717, 1.165) is 19.0 Å². The zero-order valence-electron chi connectivity index (χ0n) is 13.2. The standard InChI is InChI=1S/C17H27N3/c1-5-13(3)11-14(4)18-12-16-15-9-7-8-10-17(15)20(6-2)19-16/h7-10,13-14,18H,5-6,11-12H2,1-4H3. The highest BCUT2D eigenvalue weighted by atomic mass is 15.3. The minimum atomic E-state index is 0.537. The highest BCUT2D eigenvalue weighted by Crippen LogP contribution is 2.18. The van der Waals surface area contributed by atoms with E-state index in [-0.39, 0.29) is 0 Å². The zero-order chi connectivity index (χ0) is 14.5. The summed E-state index contributed by atoms with van der Waals surface area (Å²) in [5.41, 5.74) is 2.40. The van der Waals surface area contributed by atoms with E-state index in [4.69, 9.17) is 5.10 Å². The van der Waals surface area contributed by atoms with Crippen molar-refractivity contribution in [1.82, 2.24) is 15.1 Å². The Kier molecular flexibility index (Phi) is 5.18. The summed E-state index contributed by atoms with van der Waals surface area (Å²) >= 11 is 0. The van der Waals surface area contributed by atoms with E-state index in [9.17, 15) is 0 Å². The van der Waals surface area contributed by atoms with Gasteiger partial charge in [0.05, 0.1) is 11.2 Å². The summed E-state index contributed by atoms with van der Waals surface area (Å²) in [6.07, 6.45) is 2.47. The van der Waals surface area contributed by atoms with E-state index in [0.29, 0.717) is 6.04 Å². The van der Waals surface area contributed by atoms with Crippen molar-refractivity contribution < 1.29 is 0 Å². The van der Waals surface area contributed by atoms with Gasteiger partial charge in [0.1, 0.15) is 0 Å². The van der Waals surface area contributed by atoms with Gasteiger partial charge in [0.2, 0.25) is 0 Å². The van der Waals surface area contributed by atoms with Crippen molar-refractivity contribution in [2.75, 3.05) is 0 Å². The number of rotatable bonds is 7. The van der Waals surface area contributed by atoms with E-state index < -0.39 is 0 Å². The normalized spacial score (nSPS) is 14.6. The molecule has 0 aliphatic carbocycles. The van der Waals surface area contributed by atoms with E-state index in [1.54, 1.807) is 0 Å². The third kappa shape index (κ3) is 3.40. The van der Waals surface area contributed by atoms with Gasteiger partial charge in [0, 0.05) is 24.5 Å². The maximum atomic E-state index is 4.73. The first-order valence-electron chi connectivity index (χ1n) is 7.83. The lowest BCUT2D eigenvalue weighted by Crippen LogP contribution is -2.27. The van der Waals surface area contributed by atoms with Crippen molar-refractivity contribution in [3.8, 4) is 0 Å². The number of nitrogens with one attached hydrogen (secondary N) is 1. The van der Waals surface area contributed by atoms with Gasteiger partial charge >= 0.3 is 0 Å². The van der Waals surface area contributed by atoms with Gasteiger partial charge in [-0.2, -0.15) is 5.10 Å². The predicted octanol–water partition coefficient (Wildman–Crippen LogP) is 3.97. The first-order chi connectivity index (χ1) is 9.65. The van der Waals surface area contributed by atoms with Crippen LogP contribution < -0.4 is 5.32 Å². The largest absolute Gasteiger partial charge is 0.309 e. The summed E-state index contributed by atoms with van der Waals surface area (Å²) in [5.74, 6) is 0.780. The second kappa shape index (κ2) is 6.89. The quantitative estimate of drug-likeness (QED) is 0.827. The molecule has 1 N–H and O–H groups in total. The molecule has 2 unspecified atom stereocenters. The molecule has 2 rings (SSSR count). The maximum absolute atomic E-state index is 4.73. The van der Waals surface area contributed by atoms with Gasteiger partial charge in [0.25, 0.3) is 0 Å². The molecule has 2 aromatic rings. The van der Waals surface area contributed by atoms with Crippen LogP contribution in [-0.4, -0.2) is 15.8 Å². The van der Waals surface area contributed by atoms with Crippen molar-refractivity contribution in [2.24, 2.45) is 5.92 Å². The molecule has 3 heteroatoms. The Bertz CT molecular complexity index is 544. The average molecular weight is 273 g/mol. The van der Waals surface area contributed by atoms with Crippen molar-refractivity contribution in [3.63, 3.8) is 0 Å². The van der Waals surface area contributed by atoms with E-state index in [1.807, 2.05) is 0 Å². The van der Waals surface area contributed by atoms with E-state index in [1.165, 1.54) is 29.4 Å². The number of benzene rings is 1. The van der Waals surface area contributed by atoms with Crippen LogP contribution in [0.4, 0.5) is 0 Å². The molecule has 0 amide bonds. The van der Waals surface area contributed by atoms with Gasteiger partial charge in [0.15, 0.2) is 0 Å². The number of hydrogen-bond donors (Lipinski definition) is 1. The number of para-hydroxylation sites is 1. The molecule has 20 heavy (non-hydrogen) atoms. The molecule has 1 heterocycles. The highest BCUT2D eigenvalue weighted by Gasteiger charge is 2.11. The Morgan fingerprint density at radius 2 is 1.95 bits per heavy atom. The topological polar surface area (TPSA) is 29.9 Å². The molecular weight excluding hydrogens is 246 g/mol. The molecule has 0 fully saturated rings. The molecule has 3 nitrogen and oxygen atoms in total. The van der Waals surface area contributed by atoms with E-state index in [2.05, 4.69) is 62.0 Å². The first kappa shape index (κ1) is 15.0. The zero-order valence-corrected chi connectivity index (χ0v) is 13.2. The highest BCUT2D eigenvalue weighted by molar-refractivity contribution is 5.81. The third-order valence-electron chi connectivity index (χ3n) is 4.10. The number of aromatic nitrogens is 2. The molecule has 1 aromatic heterocycles. The number of aryl methyl sites for hydroxylation is 1. The molecule has 0 saturated carbocycles. The smallest absolute Gasteiger partial charge is 0.0841 e. The van der Waals surface area contributed by atoms with E-state index >= 15 is 0 Å². The Hall–Kier alpha value is -1.35. The maximum Gasteiger partial charge on any atom is 0.0841 e. The summed E-state index contributed by atoms with van der Waals surface area (Å²) in [6, 6.07) is 9.04. The summed E-state index contributed by atoms with van der Waals surface area (Å²) in [7, 11) is 0. The summed E-state index contributed by atoms with van der Waals surface area (Å²) in [6.45, 7) is 10.8. The minimum absolute atomic E-state index is 0.537. The van der Waals surface area contributed by atoms with Crippen LogP contribution in [0.5, 0.6) is 0 Å². The molecule has 0 spiro atoms. The van der Waals surface area contributed by atoms with Crippen LogP contribution in [0, 0.1) is 5.92 Å². The SMILES string of the molecule is CCC(C)CC(C)NCc1nn(CC)c2ccccc12. The second-order valence-electron chi connectivity index (χ2n) is 5.81. The molecule has 0 radical (unpaired) electrons. The molecule has 1 aromatic carbocycles. The number of fused-ring (bicyclic) bond motifs is 1. The van der Waals surface area contributed by atoms with Crippen molar-refractivity contribution in [1.29, 1.82) is 0 Å². The number of hydrogen-bond acceptors (Lipinski definition) is 2. The first-order valence-corrected chi connectivity index (χ1v) is 7.83. The van der Waals surface area contributed by atoms with Crippen molar-refractivity contribution >= 4 is 10.9 Å². The van der Waals surface area contributed by atoms with Gasteiger partial charge in [-0.3, -0.25) is 4.68 Å². The van der Waals surface area contributed by atoms with Crippen LogP contribution in [0.25, 0.3) is 10.9 Å². The molecule has 2 atom stereocenters. The summed E-state index contributed by atoms with van der Waals surface area (Å²) in [5, 5.41) is 9.63. The van der Waals surface area contributed by atoms with Gasteiger partial charge in [-0.25, -0.2) is 0 Å². The summed E-state index contributed by atoms with van der Waals surface area (Å²) in [4.78, 5) is 0. The van der Waals surface area contributed by atoms with Crippen LogP contribution in [0.3, 0.4) is 0 Å². The van der Waals surface area contributed by atoms with Crippen LogP contribution >= 0.6 is 0 Å². The predicted molar refractivity (Wildman–Crippen MR) is 85.8 cm³/mol. The monoisotopic (exact) mass is 273 g/mol. The molecule has 110 valence electrons. The molecule has 0 bridgehead atoms. The Morgan fingerprint density at radius 1 is 1.20 bits per heavy atom. The van der Waals surface area contributed by atoms with Crippen LogP contribution in [0.1, 0.15) is 46.2 Å². The average Bonchev–Trinajstić information content (AvgIpc) is 2.83.